The van der Waals surface area contributed by atoms with Crippen LogP contribution in [0, 0.1) is 6.92 Å². The van der Waals surface area contributed by atoms with Gasteiger partial charge in [0.15, 0.2) is 0 Å². The Hall–Kier alpha value is -2.17. The summed E-state index contributed by atoms with van der Waals surface area (Å²) in [6.45, 7) is 3.74. The van der Waals surface area contributed by atoms with Crippen molar-refractivity contribution in [2.45, 2.75) is 26.3 Å². The summed E-state index contributed by atoms with van der Waals surface area (Å²) in [4.78, 5) is 19.2. The summed E-state index contributed by atoms with van der Waals surface area (Å²) in [5.41, 5.74) is 1.85. The number of aryl methyl sites for hydroxylation is 1. The molecule has 1 atom stereocenters. The van der Waals surface area contributed by atoms with Crippen LogP contribution in [-0.4, -0.2) is 22.0 Å². The summed E-state index contributed by atoms with van der Waals surface area (Å²) in [5, 5.41) is 14.6. The quantitative estimate of drug-likeness (QED) is 0.863. The number of aromatic nitrogens is 2. The smallest absolute Gasteiger partial charge is 0.137 e. The van der Waals surface area contributed by atoms with Crippen molar-refractivity contribution in [3.05, 3.63) is 30.1 Å². The monoisotopic (exact) mass is 244 g/mol. The Balaban J connectivity index is 2.44. The molecule has 0 aliphatic rings. The molecule has 0 aliphatic heterocycles. The minimum atomic E-state index is -1.13. The molecule has 94 valence electrons. The van der Waals surface area contributed by atoms with Gasteiger partial charge in [-0.25, -0.2) is 9.97 Å². The number of fused-ring (bicyclic) bond motifs is 1. The lowest BCUT2D eigenvalue weighted by atomic mass is 10.1. The Morgan fingerprint density at radius 2 is 2.22 bits per heavy atom. The maximum Gasteiger partial charge on any atom is 0.137 e. The van der Waals surface area contributed by atoms with Gasteiger partial charge in [-0.05, 0) is 25.5 Å². The zero-order valence-corrected chi connectivity index (χ0v) is 10.3. The van der Waals surface area contributed by atoms with Gasteiger partial charge in [-0.15, -0.1) is 0 Å². The summed E-state index contributed by atoms with van der Waals surface area (Å²) in [6.07, 6.45) is 1.85. The molecule has 5 heteroatoms. The van der Waals surface area contributed by atoms with Crippen LogP contribution in [0.25, 0.3) is 10.9 Å². The third-order valence-corrected chi connectivity index (χ3v) is 2.79. The van der Waals surface area contributed by atoms with Crippen LogP contribution < -0.4 is 10.4 Å². The van der Waals surface area contributed by atoms with Crippen LogP contribution in [0.2, 0.25) is 0 Å². The highest BCUT2D eigenvalue weighted by atomic mass is 16.4. The second-order valence-corrected chi connectivity index (χ2v) is 4.17. The van der Waals surface area contributed by atoms with Gasteiger partial charge in [0.25, 0.3) is 0 Å². The van der Waals surface area contributed by atoms with Crippen molar-refractivity contribution in [2.75, 3.05) is 5.32 Å². The number of hydrogen-bond donors (Lipinski definition) is 1. The molecule has 0 radical (unpaired) electrons. The molecule has 0 amide bonds. The average Bonchev–Trinajstić information content (AvgIpc) is 2.35. The first kappa shape index (κ1) is 12.3. The van der Waals surface area contributed by atoms with E-state index in [2.05, 4.69) is 15.3 Å². The maximum atomic E-state index is 10.9. The van der Waals surface area contributed by atoms with Crippen LogP contribution >= 0.6 is 0 Å². The molecule has 1 aromatic heterocycles. The largest absolute Gasteiger partial charge is 0.548 e. The van der Waals surface area contributed by atoms with Crippen LogP contribution in [0.4, 0.5) is 5.82 Å². The zero-order chi connectivity index (χ0) is 13.1. The summed E-state index contributed by atoms with van der Waals surface area (Å²) >= 11 is 0. The molecule has 1 unspecified atom stereocenters. The number of carboxylic acid groups (broad SMARTS) is 1. The highest BCUT2D eigenvalue weighted by molar-refractivity contribution is 5.90. The number of carbonyl (C=O) groups excluding carboxylic acids is 1. The Morgan fingerprint density at radius 1 is 1.44 bits per heavy atom. The topological polar surface area (TPSA) is 77.9 Å². The molecule has 2 aromatic rings. The first-order valence-corrected chi connectivity index (χ1v) is 5.80. The van der Waals surface area contributed by atoms with Gasteiger partial charge in [0.1, 0.15) is 12.1 Å². The SMILES string of the molecule is CCC(Nc1ncnc2ccc(C)cc12)C(=O)[O-]. The van der Waals surface area contributed by atoms with Crippen molar-refractivity contribution >= 4 is 22.7 Å². The maximum absolute atomic E-state index is 10.9. The normalized spacial score (nSPS) is 12.3. The summed E-state index contributed by atoms with van der Waals surface area (Å²) < 4.78 is 0. The second-order valence-electron chi connectivity index (χ2n) is 4.17. The van der Waals surface area contributed by atoms with Gasteiger partial charge < -0.3 is 15.2 Å². The van der Waals surface area contributed by atoms with Crippen LogP contribution in [0.1, 0.15) is 18.9 Å². The molecule has 0 fully saturated rings. The highest BCUT2D eigenvalue weighted by Gasteiger charge is 2.10. The van der Waals surface area contributed by atoms with E-state index >= 15 is 0 Å². The number of benzene rings is 1. The van der Waals surface area contributed by atoms with Crippen LogP contribution in [0.5, 0.6) is 0 Å². The van der Waals surface area contributed by atoms with E-state index in [1.165, 1.54) is 6.33 Å². The van der Waals surface area contributed by atoms with Crippen molar-refractivity contribution in [3.63, 3.8) is 0 Å². The third-order valence-electron chi connectivity index (χ3n) is 2.79. The average molecular weight is 244 g/mol. The molecule has 0 aliphatic carbocycles. The molecule has 1 N–H and O–H groups in total. The van der Waals surface area contributed by atoms with Gasteiger partial charge in [-0.2, -0.15) is 0 Å². The van der Waals surface area contributed by atoms with Crippen LogP contribution in [0.3, 0.4) is 0 Å². The number of aliphatic carboxylic acids is 1. The van der Waals surface area contributed by atoms with Gasteiger partial charge in [-0.1, -0.05) is 18.6 Å². The molecule has 18 heavy (non-hydrogen) atoms. The molecular weight excluding hydrogens is 230 g/mol. The standard InChI is InChI=1S/C13H15N3O2/c1-3-10(13(17)18)16-12-9-6-8(2)4-5-11(9)14-7-15-12/h4-7,10H,3H2,1-2H3,(H,17,18)(H,14,15,16)/p-1. The number of anilines is 1. The van der Waals surface area contributed by atoms with E-state index < -0.39 is 12.0 Å². The van der Waals surface area contributed by atoms with Crippen LogP contribution in [0.15, 0.2) is 24.5 Å². The highest BCUT2D eigenvalue weighted by Crippen LogP contribution is 2.21. The summed E-state index contributed by atoms with van der Waals surface area (Å²) in [7, 11) is 0. The Labute approximate surface area is 105 Å². The van der Waals surface area contributed by atoms with Gasteiger partial charge >= 0.3 is 0 Å². The first-order valence-electron chi connectivity index (χ1n) is 5.80. The minimum absolute atomic E-state index is 0.430. The number of rotatable bonds is 4. The van der Waals surface area contributed by atoms with Gasteiger partial charge in [0, 0.05) is 5.39 Å². The van der Waals surface area contributed by atoms with E-state index in [0.29, 0.717) is 12.2 Å². The minimum Gasteiger partial charge on any atom is -0.548 e. The molecular formula is C13H14N3O2-. The molecule has 1 heterocycles. The Kier molecular flexibility index (Phi) is 3.41. The molecule has 0 bridgehead atoms. The van der Waals surface area contributed by atoms with Crippen LogP contribution in [-0.2, 0) is 4.79 Å². The van der Waals surface area contributed by atoms with E-state index in [1.54, 1.807) is 6.92 Å². The molecule has 0 saturated heterocycles. The fourth-order valence-corrected chi connectivity index (χ4v) is 1.78. The van der Waals surface area contributed by atoms with Crippen molar-refractivity contribution in [1.29, 1.82) is 0 Å². The van der Waals surface area contributed by atoms with Crippen molar-refractivity contribution in [3.8, 4) is 0 Å². The van der Waals surface area contributed by atoms with Gasteiger partial charge in [-0.3, -0.25) is 0 Å². The molecule has 0 spiro atoms. The van der Waals surface area contributed by atoms with Gasteiger partial charge in [0.05, 0.1) is 17.5 Å². The summed E-state index contributed by atoms with van der Waals surface area (Å²) in [6, 6.07) is 5.02. The van der Waals surface area contributed by atoms with E-state index in [9.17, 15) is 9.90 Å². The lowest BCUT2D eigenvalue weighted by Gasteiger charge is -2.19. The molecule has 1 aromatic carbocycles. The third kappa shape index (κ3) is 2.40. The number of hydrogen-bond acceptors (Lipinski definition) is 5. The predicted octanol–water partition coefficient (Wildman–Crippen LogP) is 0.879. The van der Waals surface area contributed by atoms with Crippen molar-refractivity contribution in [2.24, 2.45) is 0 Å². The first-order chi connectivity index (χ1) is 8.61. The Bertz CT molecular complexity index is 583. The molecule has 0 saturated carbocycles. The van der Waals surface area contributed by atoms with Crippen molar-refractivity contribution < 1.29 is 9.90 Å². The zero-order valence-electron chi connectivity index (χ0n) is 10.3. The fraction of sp³-hybridized carbons (Fsp3) is 0.308. The van der Waals surface area contributed by atoms with E-state index in [-0.39, 0.29) is 0 Å². The fourth-order valence-electron chi connectivity index (χ4n) is 1.78. The number of nitrogens with zero attached hydrogens (tertiary/aromatic N) is 2. The number of carbonyl (C=O) groups is 1. The summed E-state index contributed by atoms with van der Waals surface area (Å²) in [5.74, 6) is -0.600. The van der Waals surface area contributed by atoms with Gasteiger partial charge in [0.2, 0.25) is 0 Å². The number of carboxylic acids is 1. The molecule has 2 rings (SSSR count). The Morgan fingerprint density at radius 3 is 2.89 bits per heavy atom. The van der Waals surface area contributed by atoms with E-state index in [4.69, 9.17) is 0 Å². The van der Waals surface area contributed by atoms with E-state index in [0.717, 1.165) is 16.5 Å². The number of nitrogens with one attached hydrogen (secondary N) is 1. The molecule has 5 nitrogen and oxygen atoms in total. The second kappa shape index (κ2) is 5.00. The lowest BCUT2D eigenvalue weighted by Crippen LogP contribution is -2.40. The van der Waals surface area contributed by atoms with Crippen molar-refractivity contribution in [1.82, 2.24) is 9.97 Å². The van der Waals surface area contributed by atoms with E-state index in [1.807, 2.05) is 25.1 Å². The predicted molar refractivity (Wildman–Crippen MR) is 67.0 cm³/mol. The lowest BCUT2D eigenvalue weighted by molar-refractivity contribution is -0.306.